The normalized spacial score (nSPS) is 24.5. The molecule has 0 aromatic carbocycles. The molecule has 1 rings (SSSR count). The zero-order chi connectivity index (χ0) is 14.6. The first-order valence-corrected chi connectivity index (χ1v) is 6.51. The van der Waals surface area contributed by atoms with E-state index in [9.17, 15) is 14.7 Å². The molecule has 1 saturated heterocycles. The monoisotopic (exact) mass is 269 g/mol. The second-order valence-electron chi connectivity index (χ2n) is 6.02. The van der Waals surface area contributed by atoms with Gasteiger partial charge < -0.3 is 14.7 Å². The van der Waals surface area contributed by atoms with Crippen LogP contribution >= 0.6 is 0 Å². The highest BCUT2D eigenvalue weighted by Crippen LogP contribution is 2.35. The Morgan fingerprint density at radius 1 is 1.37 bits per heavy atom. The first-order valence-electron chi connectivity index (χ1n) is 6.51. The molecule has 1 aliphatic rings. The van der Waals surface area contributed by atoms with Crippen LogP contribution in [0.1, 0.15) is 33.6 Å². The molecule has 1 heterocycles. The Morgan fingerprint density at radius 2 is 2.00 bits per heavy atom. The summed E-state index contributed by atoms with van der Waals surface area (Å²) >= 11 is 0. The summed E-state index contributed by atoms with van der Waals surface area (Å²) in [6, 6.07) is -0.0361. The van der Waals surface area contributed by atoms with E-state index in [0.29, 0.717) is 6.54 Å². The average molecular weight is 269 g/mol. The standard InChI is InChI=1S/C14H23NO4/c1-14(2,3)11-9-10(5-6-12(16)19-4)7-8-15(11)13(17)18/h5-6,10-11H,7-9H2,1-4H3,(H,17,18). The Bertz CT molecular complexity index is 370. The molecular formula is C14H23NO4. The van der Waals surface area contributed by atoms with Crippen LogP contribution in [-0.2, 0) is 9.53 Å². The Morgan fingerprint density at radius 3 is 2.47 bits per heavy atom. The predicted molar refractivity (Wildman–Crippen MR) is 71.9 cm³/mol. The van der Waals surface area contributed by atoms with Crippen molar-refractivity contribution >= 4 is 12.1 Å². The van der Waals surface area contributed by atoms with Gasteiger partial charge in [-0.25, -0.2) is 9.59 Å². The van der Waals surface area contributed by atoms with Crippen LogP contribution in [0.5, 0.6) is 0 Å². The van der Waals surface area contributed by atoms with Crippen molar-refractivity contribution in [3.05, 3.63) is 12.2 Å². The Hall–Kier alpha value is -1.52. The number of esters is 1. The van der Waals surface area contributed by atoms with E-state index in [2.05, 4.69) is 4.74 Å². The van der Waals surface area contributed by atoms with Crippen molar-refractivity contribution in [2.75, 3.05) is 13.7 Å². The number of allylic oxidation sites excluding steroid dienone is 1. The quantitative estimate of drug-likeness (QED) is 0.618. The number of hydrogen-bond acceptors (Lipinski definition) is 3. The Balaban J connectivity index is 2.77. The smallest absolute Gasteiger partial charge is 0.407 e. The molecule has 1 fully saturated rings. The van der Waals surface area contributed by atoms with Gasteiger partial charge in [0, 0.05) is 18.7 Å². The van der Waals surface area contributed by atoms with Gasteiger partial charge in [-0.1, -0.05) is 26.8 Å². The minimum atomic E-state index is -0.865. The lowest BCUT2D eigenvalue weighted by atomic mass is 9.77. The topological polar surface area (TPSA) is 66.8 Å². The summed E-state index contributed by atoms with van der Waals surface area (Å²) in [5.74, 6) is -0.146. The van der Waals surface area contributed by atoms with Crippen molar-refractivity contribution in [2.45, 2.75) is 39.7 Å². The van der Waals surface area contributed by atoms with Gasteiger partial charge in [0.05, 0.1) is 7.11 Å². The van der Waals surface area contributed by atoms with Gasteiger partial charge in [0.25, 0.3) is 0 Å². The SMILES string of the molecule is COC(=O)C=CC1CCN(C(=O)O)C(C(C)(C)C)C1. The highest BCUT2D eigenvalue weighted by molar-refractivity contribution is 5.81. The molecule has 19 heavy (non-hydrogen) atoms. The number of carbonyl (C=O) groups is 2. The maximum absolute atomic E-state index is 11.3. The molecule has 1 N–H and O–H groups in total. The molecule has 0 bridgehead atoms. The van der Waals surface area contributed by atoms with Crippen molar-refractivity contribution in [3.8, 4) is 0 Å². The van der Waals surface area contributed by atoms with Crippen LogP contribution in [0, 0.1) is 11.3 Å². The predicted octanol–water partition coefficient (Wildman–Crippen LogP) is 2.52. The summed E-state index contributed by atoms with van der Waals surface area (Å²) in [5, 5.41) is 9.25. The molecule has 0 radical (unpaired) electrons. The molecule has 1 amide bonds. The summed E-state index contributed by atoms with van der Waals surface area (Å²) < 4.78 is 4.56. The van der Waals surface area contributed by atoms with Crippen molar-refractivity contribution in [1.29, 1.82) is 0 Å². The van der Waals surface area contributed by atoms with Crippen LogP contribution in [0.25, 0.3) is 0 Å². The molecule has 5 nitrogen and oxygen atoms in total. The van der Waals surface area contributed by atoms with Crippen molar-refractivity contribution in [3.63, 3.8) is 0 Å². The number of methoxy groups -OCH3 is 1. The lowest BCUT2D eigenvalue weighted by Crippen LogP contribution is -2.51. The fraction of sp³-hybridized carbons (Fsp3) is 0.714. The number of amides is 1. The van der Waals surface area contributed by atoms with Crippen molar-refractivity contribution in [2.24, 2.45) is 11.3 Å². The molecular weight excluding hydrogens is 246 g/mol. The molecule has 5 heteroatoms. The zero-order valence-electron chi connectivity index (χ0n) is 12.0. The number of piperidine rings is 1. The number of carbonyl (C=O) groups excluding carboxylic acids is 1. The van der Waals surface area contributed by atoms with Gasteiger partial charge in [0.1, 0.15) is 0 Å². The zero-order valence-corrected chi connectivity index (χ0v) is 12.0. The highest BCUT2D eigenvalue weighted by Gasteiger charge is 2.37. The van der Waals surface area contributed by atoms with Crippen molar-refractivity contribution < 1.29 is 19.4 Å². The Kier molecular flexibility index (Phi) is 4.97. The molecule has 0 aromatic heterocycles. The lowest BCUT2D eigenvalue weighted by molar-refractivity contribution is -0.134. The van der Waals surface area contributed by atoms with Crippen LogP contribution in [0.2, 0.25) is 0 Å². The minimum Gasteiger partial charge on any atom is -0.466 e. The number of ether oxygens (including phenoxy) is 1. The third-order valence-corrected chi connectivity index (χ3v) is 3.59. The second kappa shape index (κ2) is 6.08. The molecule has 0 aromatic rings. The Labute approximate surface area is 114 Å². The third kappa shape index (κ3) is 4.26. The first-order chi connectivity index (χ1) is 8.75. The van der Waals surface area contributed by atoms with Gasteiger partial charge in [-0.05, 0) is 24.2 Å². The fourth-order valence-corrected chi connectivity index (χ4v) is 2.50. The van der Waals surface area contributed by atoms with E-state index in [1.165, 1.54) is 18.1 Å². The van der Waals surface area contributed by atoms with Crippen LogP contribution in [0.15, 0.2) is 12.2 Å². The van der Waals surface area contributed by atoms with E-state index in [1.54, 1.807) is 0 Å². The molecule has 0 aliphatic carbocycles. The van der Waals surface area contributed by atoms with E-state index in [0.717, 1.165) is 12.8 Å². The van der Waals surface area contributed by atoms with Gasteiger partial charge in [-0.2, -0.15) is 0 Å². The molecule has 1 aliphatic heterocycles. The number of rotatable bonds is 2. The maximum atomic E-state index is 11.3. The average Bonchev–Trinajstić information content (AvgIpc) is 2.34. The number of nitrogens with zero attached hydrogens (tertiary/aromatic N) is 1. The van der Waals surface area contributed by atoms with Crippen LogP contribution in [0.3, 0.4) is 0 Å². The third-order valence-electron chi connectivity index (χ3n) is 3.59. The summed E-state index contributed by atoms with van der Waals surface area (Å²) in [6.07, 6.45) is 3.88. The van der Waals surface area contributed by atoms with Crippen LogP contribution in [-0.4, -0.2) is 41.8 Å². The summed E-state index contributed by atoms with van der Waals surface area (Å²) in [5.41, 5.74) is -0.115. The van der Waals surface area contributed by atoms with E-state index in [-0.39, 0.29) is 23.3 Å². The molecule has 2 unspecified atom stereocenters. The number of likely N-dealkylation sites (tertiary alicyclic amines) is 1. The molecule has 0 saturated carbocycles. The molecule has 108 valence electrons. The maximum Gasteiger partial charge on any atom is 0.407 e. The molecule has 0 spiro atoms. The van der Waals surface area contributed by atoms with Crippen LogP contribution < -0.4 is 0 Å². The fourth-order valence-electron chi connectivity index (χ4n) is 2.50. The first kappa shape index (κ1) is 15.5. The summed E-state index contributed by atoms with van der Waals surface area (Å²) in [7, 11) is 1.34. The van der Waals surface area contributed by atoms with Gasteiger partial charge in [0.15, 0.2) is 0 Å². The largest absolute Gasteiger partial charge is 0.466 e. The highest BCUT2D eigenvalue weighted by atomic mass is 16.5. The van der Waals surface area contributed by atoms with E-state index < -0.39 is 6.09 Å². The van der Waals surface area contributed by atoms with Crippen LogP contribution in [0.4, 0.5) is 4.79 Å². The summed E-state index contributed by atoms with van der Waals surface area (Å²) in [6.45, 7) is 6.63. The minimum absolute atomic E-state index is 0.0361. The molecule has 2 atom stereocenters. The second-order valence-corrected chi connectivity index (χ2v) is 6.02. The van der Waals surface area contributed by atoms with E-state index in [1.807, 2.05) is 26.8 Å². The van der Waals surface area contributed by atoms with Gasteiger partial charge in [-0.3, -0.25) is 0 Å². The van der Waals surface area contributed by atoms with Gasteiger partial charge in [0.2, 0.25) is 0 Å². The number of carboxylic acid groups (broad SMARTS) is 1. The lowest BCUT2D eigenvalue weighted by Gasteiger charge is -2.44. The van der Waals surface area contributed by atoms with Gasteiger partial charge in [-0.15, -0.1) is 0 Å². The summed E-state index contributed by atoms with van der Waals surface area (Å²) in [4.78, 5) is 23.9. The van der Waals surface area contributed by atoms with E-state index >= 15 is 0 Å². The van der Waals surface area contributed by atoms with Gasteiger partial charge >= 0.3 is 12.1 Å². The van der Waals surface area contributed by atoms with E-state index in [4.69, 9.17) is 0 Å². The van der Waals surface area contributed by atoms with Crippen molar-refractivity contribution in [1.82, 2.24) is 4.90 Å². The number of hydrogen-bond donors (Lipinski definition) is 1.